The SMILES string of the molecule is Oc1ccccc1P(c1cccc(Cl)c1)c1ccccc1O. The first-order valence-electron chi connectivity index (χ1n) is 6.78. The van der Waals surface area contributed by atoms with Crippen molar-refractivity contribution >= 4 is 35.4 Å². The molecule has 0 unspecified atom stereocenters. The molecule has 3 aromatic rings. The van der Waals surface area contributed by atoms with E-state index in [2.05, 4.69) is 0 Å². The second kappa shape index (κ2) is 6.39. The van der Waals surface area contributed by atoms with Gasteiger partial charge >= 0.3 is 0 Å². The summed E-state index contributed by atoms with van der Waals surface area (Å²) in [5, 5.41) is 23.7. The first-order valence-corrected chi connectivity index (χ1v) is 8.50. The van der Waals surface area contributed by atoms with E-state index in [0.29, 0.717) is 5.02 Å². The lowest BCUT2D eigenvalue weighted by molar-refractivity contribution is 0.479. The lowest BCUT2D eigenvalue weighted by atomic mass is 10.3. The summed E-state index contributed by atoms with van der Waals surface area (Å²) in [6.07, 6.45) is 0. The van der Waals surface area contributed by atoms with E-state index < -0.39 is 7.92 Å². The van der Waals surface area contributed by atoms with Gasteiger partial charge in [0, 0.05) is 15.6 Å². The van der Waals surface area contributed by atoms with E-state index in [9.17, 15) is 10.2 Å². The van der Waals surface area contributed by atoms with Gasteiger partial charge in [-0.2, -0.15) is 0 Å². The molecule has 0 fully saturated rings. The molecule has 0 saturated heterocycles. The number of phenolic OH excluding ortho intramolecular Hbond substituents is 2. The lowest BCUT2D eigenvalue weighted by Gasteiger charge is -2.21. The predicted molar refractivity (Wildman–Crippen MR) is 93.5 cm³/mol. The Morgan fingerprint density at radius 1 is 0.682 bits per heavy atom. The van der Waals surface area contributed by atoms with Crippen molar-refractivity contribution in [2.24, 2.45) is 0 Å². The minimum Gasteiger partial charge on any atom is -0.507 e. The van der Waals surface area contributed by atoms with Gasteiger partial charge in [-0.25, -0.2) is 0 Å². The van der Waals surface area contributed by atoms with Crippen molar-refractivity contribution in [3.05, 3.63) is 77.8 Å². The fourth-order valence-electron chi connectivity index (χ4n) is 2.33. The Bertz CT molecular complexity index is 759. The molecular weight excluding hydrogens is 315 g/mol. The van der Waals surface area contributed by atoms with Gasteiger partial charge in [-0.05, 0) is 37.5 Å². The van der Waals surface area contributed by atoms with Gasteiger partial charge in [0.15, 0.2) is 0 Å². The van der Waals surface area contributed by atoms with E-state index in [1.54, 1.807) is 24.3 Å². The fourth-order valence-corrected chi connectivity index (χ4v) is 4.99. The van der Waals surface area contributed by atoms with Crippen LogP contribution in [0.5, 0.6) is 11.5 Å². The summed E-state index contributed by atoms with van der Waals surface area (Å²) in [6.45, 7) is 0. The zero-order chi connectivity index (χ0) is 15.5. The van der Waals surface area contributed by atoms with Crippen LogP contribution in [0.1, 0.15) is 0 Å². The molecule has 0 saturated carbocycles. The normalized spacial score (nSPS) is 10.8. The molecule has 0 spiro atoms. The summed E-state index contributed by atoms with van der Waals surface area (Å²) in [6, 6.07) is 22.0. The molecule has 0 heterocycles. The van der Waals surface area contributed by atoms with Crippen molar-refractivity contribution in [1.29, 1.82) is 0 Å². The number of aromatic hydroxyl groups is 2. The molecule has 0 aliphatic rings. The summed E-state index contributed by atoms with van der Waals surface area (Å²) >= 11 is 6.13. The van der Waals surface area contributed by atoms with Crippen LogP contribution in [0, 0.1) is 0 Å². The van der Waals surface area contributed by atoms with Crippen LogP contribution < -0.4 is 15.9 Å². The predicted octanol–water partition coefficient (Wildman–Crippen LogP) is 3.51. The van der Waals surface area contributed by atoms with Gasteiger partial charge in [0.05, 0.1) is 0 Å². The fraction of sp³-hybridized carbons (Fsp3) is 0. The van der Waals surface area contributed by atoms with Gasteiger partial charge in [-0.3, -0.25) is 0 Å². The molecule has 0 radical (unpaired) electrons. The smallest absolute Gasteiger partial charge is 0.123 e. The molecule has 0 amide bonds. The Morgan fingerprint density at radius 3 is 1.73 bits per heavy atom. The molecule has 0 atom stereocenters. The van der Waals surface area contributed by atoms with Crippen LogP contribution in [0.25, 0.3) is 0 Å². The topological polar surface area (TPSA) is 40.5 Å². The number of benzene rings is 3. The Labute approximate surface area is 135 Å². The van der Waals surface area contributed by atoms with Gasteiger partial charge in [0.1, 0.15) is 11.5 Å². The van der Waals surface area contributed by atoms with Crippen LogP contribution in [0.4, 0.5) is 0 Å². The Kier molecular flexibility index (Phi) is 4.33. The van der Waals surface area contributed by atoms with Crippen LogP contribution in [0.3, 0.4) is 0 Å². The zero-order valence-electron chi connectivity index (χ0n) is 11.6. The second-order valence-electron chi connectivity index (χ2n) is 4.79. The monoisotopic (exact) mass is 328 g/mol. The summed E-state index contributed by atoms with van der Waals surface area (Å²) in [7, 11) is -1.09. The number of para-hydroxylation sites is 2. The van der Waals surface area contributed by atoms with Crippen LogP contribution in [0.2, 0.25) is 5.02 Å². The van der Waals surface area contributed by atoms with Crippen molar-refractivity contribution in [3.63, 3.8) is 0 Å². The summed E-state index contributed by atoms with van der Waals surface area (Å²) in [5.41, 5.74) is 0. The first kappa shape index (κ1) is 14.9. The highest BCUT2D eigenvalue weighted by atomic mass is 35.5. The molecule has 3 rings (SSSR count). The molecule has 2 nitrogen and oxygen atoms in total. The minimum absolute atomic E-state index is 0.219. The van der Waals surface area contributed by atoms with Crippen LogP contribution >= 0.6 is 19.5 Å². The van der Waals surface area contributed by atoms with Crippen molar-refractivity contribution in [2.45, 2.75) is 0 Å². The second-order valence-corrected chi connectivity index (χ2v) is 7.38. The van der Waals surface area contributed by atoms with Crippen LogP contribution in [0.15, 0.2) is 72.8 Å². The number of halogens is 1. The molecule has 110 valence electrons. The van der Waals surface area contributed by atoms with Gasteiger partial charge in [-0.1, -0.05) is 60.1 Å². The zero-order valence-corrected chi connectivity index (χ0v) is 13.3. The number of hydrogen-bond donors (Lipinski definition) is 2. The third-order valence-electron chi connectivity index (χ3n) is 3.31. The molecular formula is C18H14ClO2P. The maximum atomic E-state index is 10.3. The van der Waals surface area contributed by atoms with Crippen molar-refractivity contribution in [2.75, 3.05) is 0 Å². The Hall–Kier alpha value is -2.02. The highest BCUT2D eigenvalue weighted by Crippen LogP contribution is 2.39. The molecule has 4 heteroatoms. The van der Waals surface area contributed by atoms with Gasteiger partial charge in [0.25, 0.3) is 0 Å². The summed E-state index contributed by atoms with van der Waals surface area (Å²) in [4.78, 5) is 0. The van der Waals surface area contributed by atoms with Crippen molar-refractivity contribution in [1.82, 2.24) is 0 Å². The molecule has 0 aliphatic carbocycles. The van der Waals surface area contributed by atoms with E-state index in [1.165, 1.54) is 0 Å². The van der Waals surface area contributed by atoms with E-state index in [1.807, 2.05) is 48.5 Å². The molecule has 0 aromatic heterocycles. The maximum absolute atomic E-state index is 10.3. The Balaban J connectivity index is 2.24. The molecule has 3 aromatic carbocycles. The number of hydrogen-bond acceptors (Lipinski definition) is 2. The number of phenols is 2. The quantitative estimate of drug-likeness (QED) is 0.722. The summed E-state index contributed by atoms with van der Waals surface area (Å²) < 4.78 is 0. The average molecular weight is 329 g/mol. The standard InChI is InChI=1S/C18H14ClO2P/c19-13-6-5-7-14(12-13)22(17-10-3-1-8-15(17)20)18-11-4-2-9-16(18)21/h1-12,20-21H. The molecule has 0 aliphatic heterocycles. The average Bonchev–Trinajstić information content (AvgIpc) is 2.51. The van der Waals surface area contributed by atoms with Gasteiger partial charge in [-0.15, -0.1) is 0 Å². The molecule has 0 bridgehead atoms. The van der Waals surface area contributed by atoms with Crippen LogP contribution in [-0.4, -0.2) is 10.2 Å². The molecule has 2 N–H and O–H groups in total. The maximum Gasteiger partial charge on any atom is 0.123 e. The summed E-state index contributed by atoms with van der Waals surface area (Å²) in [5.74, 6) is 0.439. The first-order chi connectivity index (χ1) is 10.7. The highest BCUT2D eigenvalue weighted by Gasteiger charge is 2.22. The third kappa shape index (κ3) is 2.94. The lowest BCUT2D eigenvalue weighted by Crippen LogP contribution is -2.21. The highest BCUT2D eigenvalue weighted by molar-refractivity contribution is 7.80. The number of rotatable bonds is 3. The van der Waals surface area contributed by atoms with E-state index >= 15 is 0 Å². The molecule has 22 heavy (non-hydrogen) atoms. The minimum atomic E-state index is -1.09. The largest absolute Gasteiger partial charge is 0.507 e. The van der Waals surface area contributed by atoms with E-state index in [-0.39, 0.29) is 11.5 Å². The van der Waals surface area contributed by atoms with Gasteiger partial charge in [0.2, 0.25) is 0 Å². The third-order valence-corrected chi connectivity index (χ3v) is 6.06. The van der Waals surface area contributed by atoms with Crippen molar-refractivity contribution in [3.8, 4) is 11.5 Å². The van der Waals surface area contributed by atoms with Crippen LogP contribution in [-0.2, 0) is 0 Å². The van der Waals surface area contributed by atoms with Crippen molar-refractivity contribution < 1.29 is 10.2 Å². The van der Waals surface area contributed by atoms with E-state index in [4.69, 9.17) is 11.6 Å². The Morgan fingerprint density at radius 2 is 1.23 bits per heavy atom. The van der Waals surface area contributed by atoms with E-state index in [0.717, 1.165) is 15.9 Å². The van der Waals surface area contributed by atoms with Gasteiger partial charge < -0.3 is 10.2 Å².